The van der Waals surface area contributed by atoms with Crippen molar-refractivity contribution in [1.29, 1.82) is 0 Å². The number of ether oxygens (including phenoxy) is 1. The van der Waals surface area contributed by atoms with Crippen LogP contribution in [0.2, 0.25) is 0 Å². The molecule has 6 nitrogen and oxygen atoms in total. The fraction of sp³-hybridized carbons (Fsp3) is 0.708. The van der Waals surface area contributed by atoms with E-state index in [2.05, 4.69) is 62.7 Å². The van der Waals surface area contributed by atoms with Crippen molar-refractivity contribution < 1.29 is 4.74 Å². The summed E-state index contributed by atoms with van der Waals surface area (Å²) in [4.78, 5) is 9.76. The van der Waals surface area contributed by atoms with Crippen LogP contribution in [0.5, 0.6) is 0 Å². The third-order valence-electron chi connectivity index (χ3n) is 6.95. The molecule has 3 fully saturated rings. The number of fused-ring (bicyclic) bond motifs is 2. The molecule has 3 heterocycles. The number of morpholine rings is 1. The molecule has 3 aliphatic rings. The maximum atomic E-state index is 5.45. The van der Waals surface area contributed by atoms with E-state index in [1.807, 2.05) is 7.05 Å². The van der Waals surface area contributed by atoms with Crippen molar-refractivity contribution in [2.75, 3.05) is 46.4 Å². The summed E-state index contributed by atoms with van der Waals surface area (Å²) in [5.41, 5.74) is 1.44. The lowest BCUT2D eigenvalue weighted by Crippen LogP contribution is -2.53. The standard InChI is InChI=1S/C24H39N5O/c1-19(17-28-10-12-30-13-11-28)16-26-24(25-2)27-21-14-22-8-9-23(15-21)29(22)18-20-6-4-3-5-7-20/h3-7,19,21-23H,8-18H2,1-2H3,(H2,25,26,27). The van der Waals surface area contributed by atoms with Crippen molar-refractivity contribution in [2.45, 2.75) is 57.3 Å². The van der Waals surface area contributed by atoms with Gasteiger partial charge in [-0.05, 0) is 37.2 Å². The van der Waals surface area contributed by atoms with Crippen LogP contribution >= 0.6 is 0 Å². The van der Waals surface area contributed by atoms with Crippen LogP contribution in [0.15, 0.2) is 35.3 Å². The third kappa shape index (κ3) is 5.74. The number of benzene rings is 1. The number of piperidine rings is 1. The van der Waals surface area contributed by atoms with Crippen LogP contribution in [0.1, 0.15) is 38.2 Å². The van der Waals surface area contributed by atoms with Crippen LogP contribution in [0.25, 0.3) is 0 Å². The molecule has 0 aliphatic carbocycles. The van der Waals surface area contributed by atoms with Gasteiger partial charge >= 0.3 is 0 Å². The van der Waals surface area contributed by atoms with Crippen LogP contribution in [-0.2, 0) is 11.3 Å². The molecule has 30 heavy (non-hydrogen) atoms. The minimum absolute atomic E-state index is 0.523. The van der Waals surface area contributed by atoms with Gasteiger partial charge in [0.1, 0.15) is 0 Å². The number of rotatable bonds is 7. The number of hydrogen-bond acceptors (Lipinski definition) is 4. The van der Waals surface area contributed by atoms with E-state index in [1.54, 1.807) is 0 Å². The van der Waals surface area contributed by atoms with Gasteiger partial charge in [0.2, 0.25) is 0 Å². The first-order valence-electron chi connectivity index (χ1n) is 11.8. The normalized spacial score (nSPS) is 29.0. The number of aliphatic imine (C=N–C) groups is 1. The van der Waals surface area contributed by atoms with E-state index in [4.69, 9.17) is 4.74 Å². The van der Waals surface area contributed by atoms with Crippen LogP contribution < -0.4 is 10.6 Å². The van der Waals surface area contributed by atoms with Gasteiger partial charge in [-0.2, -0.15) is 0 Å². The Morgan fingerprint density at radius 2 is 1.83 bits per heavy atom. The number of guanidine groups is 1. The van der Waals surface area contributed by atoms with Crippen molar-refractivity contribution >= 4 is 5.96 Å². The molecule has 2 N–H and O–H groups in total. The second kappa shape index (κ2) is 10.6. The van der Waals surface area contributed by atoms with E-state index in [0.717, 1.165) is 51.9 Å². The Morgan fingerprint density at radius 1 is 1.13 bits per heavy atom. The molecule has 1 aromatic carbocycles. The molecular weight excluding hydrogens is 374 g/mol. The smallest absolute Gasteiger partial charge is 0.191 e. The molecule has 0 aromatic heterocycles. The Balaban J connectivity index is 1.22. The highest BCUT2D eigenvalue weighted by molar-refractivity contribution is 5.80. The molecule has 3 atom stereocenters. The maximum Gasteiger partial charge on any atom is 0.191 e. The monoisotopic (exact) mass is 413 g/mol. The molecule has 3 saturated heterocycles. The van der Waals surface area contributed by atoms with Gasteiger partial charge in [-0.3, -0.25) is 14.8 Å². The van der Waals surface area contributed by atoms with E-state index in [0.29, 0.717) is 24.0 Å². The van der Waals surface area contributed by atoms with E-state index in [1.165, 1.54) is 31.2 Å². The average molecular weight is 414 g/mol. The van der Waals surface area contributed by atoms with Crippen LogP contribution in [0.3, 0.4) is 0 Å². The fourth-order valence-corrected chi connectivity index (χ4v) is 5.39. The van der Waals surface area contributed by atoms with Crippen molar-refractivity contribution in [2.24, 2.45) is 10.9 Å². The largest absolute Gasteiger partial charge is 0.379 e. The molecule has 1 aromatic rings. The number of nitrogens with one attached hydrogen (secondary N) is 2. The topological polar surface area (TPSA) is 52.1 Å². The Kier molecular flexibility index (Phi) is 7.63. The highest BCUT2D eigenvalue weighted by Gasteiger charge is 2.40. The summed E-state index contributed by atoms with van der Waals surface area (Å²) in [5, 5.41) is 7.30. The molecular formula is C24H39N5O. The molecule has 0 saturated carbocycles. The Labute approximate surface area is 182 Å². The molecule has 2 bridgehead atoms. The lowest BCUT2D eigenvalue weighted by atomic mass is 9.96. The second-order valence-electron chi connectivity index (χ2n) is 9.33. The van der Waals surface area contributed by atoms with Crippen molar-refractivity contribution in [1.82, 2.24) is 20.4 Å². The first-order valence-corrected chi connectivity index (χ1v) is 11.8. The van der Waals surface area contributed by atoms with Gasteiger partial charge in [0, 0.05) is 57.9 Å². The Hall–Kier alpha value is -1.63. The Morgan fingerprint density at radius 3 is 2.50 bits per heavy atom. The highest BCUT2D eigenvalue weighted by Crippen LogP contribution is 2.36. The van der Waals surface area contributed by atoms with E-state index in [-0.39, 0.29) is 0 Å². The molecule has 3 aliphatic heterocycles. The highest BCUT2D eigenvalue weighted by atomic mass is 16.5. The first-order chi connectivity index (χ1) is 14.7. The van der Waals surface area contributed by atoms with E-state index >= 15 is 0 Å². The number of hydrogen-bond donors (Lipinski definition) is 2. The summed E-state index contributed by atoms with van der Waals surface area (Å²) in [6, 6.07) is 12.8. The SMILES string of the molecule is CN=C(NCC(C)CN1CCOCC1)NC1CC2CCC(C1)N2Cc1ccccc1. The fourth-order valence-electron chi connectivity index (χ4n) is 5.39. The molecule has 166 valence electrons. The molecule has 0 spiro atoms. The zero-order valence-corrected chi connectivity index (χ0v) is 18.7. The van der Waals surface area contributed by atoms with Crippen LogP contribution in [-0.4, -0.2) is 80.3 Å². The lowest BCUT2D eigenvalue weighted by Gasteiger charge is -2.39. The van der Waals surface area contributed by atoms with Gasteiger partial charge in [-0.25, -0.2) is 0 Å². The van der Waals surface area contributed by atoms with Crippen molar-refractivity contribution in [3.05, 3.63) is 35.9 Å². The quantitative estimate of drug-likeness (QED) is 0.531. The first kappa shape index (κ1) is 21.6. The predicted octanol–water partition coefficient (Wildman–Crippen LogP) is 2.32. The van der Waals surface area contributed by atoms with E-state index < -0.39 is 0 Å². The lowest BCUT2D eigenvalue weighted by molar-refractivity contribution is 0.0320. The maximum absolute atomic E-state index is 5.45. The summed E-state index contributed by atoms with van der Waals surface area (Å²) in [6.07, 6.45) is 5.09. The van der Waals surface area contributed by atoms with Crippen molar-refractivity contribution in [3.8, 4) is 0 Å². The van der Waals surface area contributed by atoms with Gasteiger partial charge in [-0.15, -0.1) is 0 Å². The van der Waals surface area contributed by atoms with Gasteiger partial charge in [-0.1, -0.05) is 37.3 Å². The molecule has 0 amide bonds. The van der Waals surface area contributed by atoms with Gasteiger partial charge in [0.05, 0.1) is 13.2 Å². The average Bonchev–Trinajstić information content (AvgIpc) is 3.00. The van der Waals surface area contributed by atoms with Crippen molar-refractivity contribution in [3.63, 3.8) is 0 Å². The number of nitrogens with zero attached hydrogens (tertiary/aromatic N) is 3. The molecule has 3 unspecified atom stereocenters. The van der Waals surface area contributed by atoms with E-state index in [9.17, 15) is 0 Å². The van der Waals surface area contributed by atoms with Gasteiger partial charge in [0.25, 0.3) is 0 Å². The molecule has 0 radical (unpaired) electrons. The molecule has 4 rings (SSSR count). The minimum Gasteiger partial charge on any atom is -0.379 e. The third-order valence-corrected chi connectivity index (χ3v) is 6.95. The van der Waals surface area contributed by atoms with Gasteiger partial charge < -0.3 is 15.4 Å². The molecule has 6 heteroatoms. The predicted molar refractivity (Wildman–Crippen MR) is 123 cm³/mol. The van der Waals surface area contributed by atoms with Crippen LogP contribution in [0, 0.1) is 5.92 Å². The zero-order chi connectivity index (χ0) is 20.8. The summed E-state index contributed by atoms with van der Waals surface area (Å²) in [5.74, 6) is 1.55. The second-order valence-corrected chi connectivity index (χ2v) is 9.33. The minimum atomic E-state index is 0.523. The van der Waals surface area contributed by atoms with Gasteiger partial charge in [0.15, 0.2) is 5.96 Å². The van der Waals surface area contributed by atoms with Crippen LogP contribution in [0.4, 0.5) is 0 Å². The Bertz CT molecular complexity index is 661. The summed E-state index contributed by atoms with van der Waals surface area (Å²) in [6.45, 7) is 9.34. The summed E-state index contributed by atoms with van der Waals surface area (Å²) < 4.78 is 5.45. The zero-order valence-electron chi connectivity index (χ0n) is 18.7. The summed E-state index contributed by atoms with van der Waals surface area (Å²) >= 11 is 0. The summed E-state index contributed by atoms with van der Waals surface area (Å²) in [7, 11) is 1.89.